The second-order valence-corrected chi connectivity index (χ2v) is 8.67. The summed E-state index contributed by atoms with van der Waals surface area (Å²) >= 11 is 0. The number of carbonyl (C=O) groups excluding carboxylic acids is 3. The first-order valence-corrected chi connectivity index (χ1v) is 10.9. The molecule has 0 saturated carbocycles. The summed E-state index contributed by atoms with van der Waals surface area (Å²) in [7, 11) is 0. The number of hydrogen-bond acceptors (Lipinski definition) is 7. The van der Waals surface area contributed by atoms with Gasteiger partial charge in [0.2, 0.25) is 5.91 Å². The van der Waals surface area contributed by atoms with Crippen LogP contribution < -0.4 is 15.1 Å². The molecule has 33 heavy (non-hydrogen) atoms. The Morgan fingerprint density at radius 3 is 2.52 bits per heavy atom. The van der Waals surface area contributed by atoms with Crippen molar-refractivity contribution in [2.75, 3.05) is 55.7 Å². The van der Waals surface area contributed by atoms with Crippen molar-refractivity contribution < 1.29 is 28.6 Å². The SMILES string of the molecule is O=C(NC[C@H]1CN(c2ccc(N3C[C@H]4CN(C(=O)CO)C[C@H]4C3)c(F)c2)C(=O)O1)C1=NC=C1. The van der Waals surface area contributed by atoms with Crippen LogP contribution in [0.1, 0.15) is 0 Å². The molecule has 0 spiro atoms. The summed E-state index contributed by atoms with van der Waals surface area (Å²) in [5.41, 5.74) is 1.17. The van der Waals surface area contributed by atoms with Crippen LogP contribution in [0.15, 0.2) is 35.5 Å². The number of hydrogen-bond donors (Lipinski definition) is 2. The maximum Gasteiger partial charge on any atom is 0.414 e. The second kappa shape index (κ2) is 8.47. The zero-order valence-electron chi connectivity index (χ0n) is 17.8. The maximum atomic E-state index is 15.0. The average Bonchev–Trinajstić information content (AvgIpc) is 3.43. The number of ether oxygens (including phenoxy) is 1. The monoisotopic (exact) mass is 457 g/mol. The highest BCUT2D eigenvalue weighted by Crippen LogP contribution is 2.36. The third-order valence-corrected chi connectivity index (χ3v) is 6.60. The Hall–Kier alpha value is -3.47. The van der Waals surface area contributed by atoms with E-state index < -0.39 is 24.6 Å². The van der Waals surface area contributed by atoms with Crippen LogP contribution in [0.3, 0.4) is 0 Å². The average molecular weight is 457 g/mol. The fourth-order valence-corrected chi connectivity index (χ4v) is 4.83. The van der Waals surface area contributed by atoms with Gasteiger partial charge in [-0.15, -0.1) is 0 Å². The van der Waals surface area contributed by atoms with Crippen LogP contribution in [0, 0.1) is 17.7 Å². The van der Waals surface area contributed by atoms with Crippen molar-refractivity contribution in [2.24, 2.45) is 16.8 Å². The summed E-state index contributed by atoms with van der Waals surface area (Å²) in [6, 6.07) is 4.66. The molecule has 2 N–H and O–H groups in total. The van der Waals surface area contributed by atoms with E-state index in [1.807, 2.05) is 4.90 Å². The van der Waals surface area contributed by atoms with Gasteiger partial charge in [0.1, 0.15) is 24.2 Å². The van der Waals surface area contributed by atoms with E-state index in [1.54, 1.807) is 23.1 Å². The van der Waals surface area contributed by atoms with Gasteiger partial charge in [-0.3, -0.25) is 19.5 Å². The molecule has 1 aromatic rings. The summed E-state index contributed by atoms with van der Waals surface area (Å²) in [4.78, 5) is 44.6. The summed E-state index contributed by atoms with van der Waals surface area (Å²) in [6.45, 7) is 2.25. The van der Waals surface area contributed by atoms with Gasteiger partial charge >= 0.3 is 6.09 Å². The van der Waals surface area contributed by atoms with Crippen molar-refractivity contribution in [3.8, 4) is 0 Å². The van der Waals surface area contributed by atoms with Crippen molar-refractivity contribution in [3.05, 3.63) is 36.3 Å². The number of benzene rings is 1. The molecule has 0 aromatic heterocycles. The first kappa shape index (κ1) is 21.4. The van der Waals surface area contributed by atoms with Crippen LogP contribution in [0.5, 0.6) is 0 Å². The van der Waals surface area contributed by atoms with Gasteiger partial charge in [-0.2, -0.15) is 0 Å². The van der Waals surface area contributed by atoms with Gasteiger partial charge in [0, 0.05) is 44.2 Å². The van der Waals surface area contributed by atoms with E-state index in [-0.39, 0.29) is 36.7 Å². The topological polar surface area (TPSA) is 115 Å². The molecule has 1 aromatic carbocycles. The highest BCUT2D eigenvalue weighted by Gasteiger charge is 2.42. The highest BCUT2D eigenvalue weighted by molar-refractivity contribution is 6.45. The molecule has 3 atom stereocenters. The Balaban J connectivity index is 1.19. The fraction of sp³-hybridized carbons (Fsp3) is 0.455. The summed E-state index contributed by atoms with van der Waals surface area (Å²) in [5.74, 6) is -0.553. The molecule has 4 aliphatic rings. The number of nitrogens with one attached hydrogen (secondary N) is 1. The minimum atomic E-state index is -0.591. The third-order valence-electron chi connectivity index (χ3n) is 6.60. The molecule has 3 fully saturated rings. The van der Waals surface area contributed by atoms with Crippen molar-refractivity contribution in [3.63, 3.8) is 0 Å². The quantitative estimate of drug-likeness (QED) is 0.627. The maximum absolute atomic E-state index is 15.0. The van der Waals surface area contributed by atoms with Crippen LogP contribution in [0.2, 0.25) is 0 Å². The minimum Gasteiger partial charge on any atom is -0.442 e. The second-order valence-electron chi connectivity index (χ2n) is 8.67. The minimum absolute atomic E-state index is 0.140. The Morgan fingerprint density at radius 2 is 1.91 bits per heavy atom. The van der Waals surface area contributed by atoms with Gasteiger partial charge in [-0.05, 0) is 24.3 Å². The largest absolute Gasteiger partial charge is 0.442 e. The zero-order chi connectivity index (χ0) is 23.1. The number of aliphatic hydroxyl groups excluding tert-OH is 1. The molecule has 4 aliphatic heterocycles. The molecular weight excluding hydrogens is 433 g/mol. The third kappa shape index (κ3) is 4.04. The van der Waals surface area contributed by atoms with E-state index in [0.717, 1.165) is 0 Å². The first-order chi connectivity index (χ1) is 15.9. The van der Waals surface area contributed by atoms with E-state index in [0.29, 0.717) is 43.3 Å². The van der Waals surface area contributed by atoms with Gasteiger partial charge in [-0.25, -0.2) is 9.18 Å². The van der Waals surface area contributed by atoms with E-state index in [9.17, 15) is 14.4 Å². The zero-order valence-corrected chi connectivity index (χ0v) is 17.8. The van der Waals surface area contributed by atoms with Gasteiger partial charge in [0.25, 0.3) is 5.91 Å². The number of cyclic esters (lactones) is 1. The lowest BCUT2D eigenvalue weighted by Crippen LogP contribution is -2.38. The molecule has 11 heteroatoms. The molecular formula is C22H24FN5O5. The molecule has 0 radical (unpaired) electrons. The molecule has 3 saturated heterocycles. The number of nitrogens with zero attached hydrogens (tertiary/aromatic N) is 4. The van der Waals surface area contributed by atoms with Crippen LogP contribution in [-0.2, 0) is 14.3 Å². The molecule has 0 aliphatic carbocycles. The van der Waals surface area contributed by atoms with Crippen molar-refractivity contribution in [1.82, 2.24) is 10.2 Å². The molecule has 0 unspecified atom stereocenters. The summed E-state index contributed by atoms with van der Waals surface area (Å²) in [6.07, 6.45) is 1.97. The lowest BCUT2D eigenvalue weighted by molar-refractivity contribution is -0.133. The number of carbonyl (C=O) groups is 3. The van der Waals surface area contributed by atoms with E-state index >= 15 is 4.39 Å². The van der Waals surface area contributed by atoms with Gasteiger partial charge in [0.05, 0.1) is 24.5 Å². The van der Waals surface area contributed by atoms with Gasteiger partial charge in [0.15, 0.2) is 0 Å². The van der Waals surface area contributed by atoms with Crippen LogP contribution in [-0.4, -0.2) is 85.6 Å². The first-order valence-electron chi connectivity index (χ1n) is 10.9. The number of fused-ring (bicyclic) bond motifs is 1. The Morgan fingerprint density at radius 1 is 1.18 bits per heavy atom. The number of aliphatic hydroxyl groups is 1. The normalized spacial score (nSPS) is 25.6. The van der Waals surface area contributed by atoms with Crippen molar-refractivity contribution >= 4 is 35.0 Å². The molecule has 3 amide bonds. The smallest absolute Gasteiger partial charge is 0.414 e. The predicted octanol–water partition coefficient (Wildman–Crippen LogP) is 0.122. The van der Waals surface area contributed by atoms with Crippen LogP contribution in [0.25, 0.3) is 0 Å². The van der Waals surface area contributed by atoms with Crippen molar-refractivity contribution in [2.45, 2.75) is 6.10 Å². The summed E-state index contributed by atoms with van der Waals surface area (Å²) in [5, 5.41) is 11.7. The summed E-state index contributed by atoms with van der Waals surface area (Å²) < 4.78 is 20.3. The number of anilines is 2. The van der Waals surface area contributed by atoms with Gasteiger partial charge < -0.3 is 25.0 Å². The van der Waals surface area contributed by atoms with E-state index in [1.165, 1.54) is 17.2 Å². The van der Waals surface area contributed by atoms with E-state index in [4.69, 9.17) is 9.84 Å². The molecule has 4 heterocycles. The molecule has 5 rings (SSSR count). The van der Waals surface area contributed by atoms with Crippen molar-refractivity contribution in [1.29, 1.82) is 0 Å². The number of likely N-dealkylation sites (tertiary alicyclic amines) is 1. The number of aliphatic imine (C=N–C) groups is 1. The predicted molar refractivity (Wildman–Crippen MR) is 116 cm³/mol. The number of amides is 3. The Labute approximate surface area is 189 Å². The van der Waals surface area contributed by atoms with E-state index in [2.05, 4.69) is 10.3 Å². The number of rotatable bonds is 6. The Bertz CT molecular complexity index is 1050. The Kier molecular flexibility index (Phi) is 5.49. The lowest BCUT2D eigenvalue weighted by atomic mass is 10.0. The number of halogens is 1. The highest BCUT2D eigenvalue weighted by atomic mass is 19.1. The molecule has 10 nitrogen and oxygen atoms in total. The van der Waals surface area contributed by atoms with Crippen LogP contribution in [0.4, 0.5) is 20.6 Å². The van der Waals surface area contributed by atoms with Gasteiger partial charge in [-0.1, -0.05) is 0 Å². The fourth-order valence-electron chi connectivity index (χ4n) is 4.83. The van der Waals surface area contributed by atoms with Crippen LogP contribution >= 0.6 is 0 Å². The molecule has 174 valence electrons. The standard InChI is InChI=1S/C22H24FN5O5/c23-17-5-15(28-11-16(33-22(28)32)6-25-21(31)18-3-4-24-18)1-2-19(17)26-7-13-9-27(20(30)12-29)10-14(13)8-26/h1-5,13-14,16,29H,6-12H2,(H,25,31)/t13-,14+,16-/m0/s1. The molecule has 0 bridgehead atoms. The lowest BCUT2D eigenvalue weighted by Gasteiger charge is -2.24.